The van der Waals surface area contributed by atoms with Gasteiger partial charge in [0.15, 0.2) is 11.9 Å². The summed E-state index contributed by atoms with van der Waals surface area (Å²) in [6.07, 6.45) is 1.76. The monoisotopic (exact) mass is 360 g/mol. The quantitative estimate of drug-likeness (QED) is 0.598. The molecular formula is C18H20N2O6. The molecule has 0 fully saturated rings. The maximum Gasteiger partial charge on any atom is 0.331 e. The van der Waals surface area contributed by atoms with Crippen LogP contribution in [0.1, 0.15) is 18.2 Å². The van der Waals surface area contributed by atoms with E-state index in [0.29, 0.717) is 22.8 Å². The number of hydrogen-bond donors (Lipinski definition) is 1. The summed E-state index contributed by atoms with van der Waals surface area (Å²) in [6, 6.07) is 6.74. The van der Waals surface area contributed by atoms with Crippen molar-refractivity contribution in [2.24, 2.45) is 0 Å². The van der Waals surface area contributed by atoms with Gasteiger partial charge in [-0.25, -0.2) is 4.79 Å². The third kappa shape index (κ3) is 5.37. The zero-order chi connectivity index (χ0) is 19.1. The molecule has 0 bridgehead atoms. The average molecular weight is 360 g/mol. The van der Waals surface area contributed by atoms with Gasteiger partial charge in [-0.05, 0) is 37.6 Å². The molecule has 0 spiro atoms. The van der Waals surface area contributed by atoms with Crippen molar-refractivity contribution < 1.29 is 28.3 Å². The summed E-state index contributed by atoms with van der Waals surface area (Å²) in [4.78, 5) is 23.9. The minimum Gasteiger partial charge on any atom is -0.497 e. The summed E-state index contributed by atoms with van der Waals surface area (Å²) in [5.41, 5.74) is 0.688. The normalized spacial score (nSPS) is 11.8. The maximum absolute atomic E-state index is 12.0. The largest absolute Gasteiger partial charge is 0.497 e. The van der Waals surface area contributed by atoms with Gasteiger partial charge in [0.1, 0.15) is 17.3 Å². The van der Waals surface area contributed by atoms with Crippen molar-refractivity contribution in [3.8, 4) is 11.5 Å². The van der Waals surface area contributed by atoms with E-state index < -0.39 is 18.0 Å². The van der Waals surface area contributed by atoms with Gasteiger partial charge in [0.25, 0.3) is 5.91 Å². The molecule has 8 nitrogen and oxygen atoms in total. The van der Waals surface area contributed by atoms with E-state index >= 15 is 0 Å². The van der Waals surface area contributed by atoms with Crippen LogP contribution >= 0.6 is 0 Å². The lowest BCUT2D eigenvalue weighted by Crippen LogP contribution is -2.29. The number of hydrogen-bond acceptors (Lipinski definition) is 7. The van der Waals surface area contributed by atoms with Crippen LogP contribution in [-0.2, 0) is 14.3 Å². The van der Waals surface area contributed by atoms with Crippen LogP contribution in [0.5, 0.6) is 11.5 Å². The summed E-state index contributed by atoms with van der Waals surface area (Å²) >= 11 is 0. The zero-order valence-electron chi connectivity index (χ0n) is 14.9. The number of nitrogens with zero attached hydrogens (tertiary/aromatic N) is 1. The van der Waals surface area contributed by atoms with E-state index in [1.165, 1.54) is 27.2 Å². The van der Waals surface area contributed by atoms with E-state index in [0.717, 1.165) is 0 Å². The van der Waals surface area contributed by atoms with E-state index in [1.54, 1.807) is 37.3 Å². The van der Waals surface area contributed by atoms with Gasteiger partial charge in [-0.1, -0.05) is 5.16 Å². The highest BCUT2D eigenvalue weighted by molar-refractivity contribution is 5.96. The molecular weight excluding hydrogens is 340 g/mol. The molecule has 138 valence electrons. The Kier molecular flexibility index (Phi) is 6.37. The molecule has 1 aromatic carbocycles. The fourth-order valence-electron chi connectivity index (χ4n) is 2.01. The van der Waals surface area contributed by atoms with Crippen molar-refractivity contribution in [3.63, 3.8) is 0 Å². The number of nitrogens with one attached hydrogen (secondary N) is 1. The number of carbonyl (C=O) groups excluding carboxylic acids is 2. The Bertz CT molecular complexity index is 790. The first-order valence-electron chi connectivity index (χ1n) is 7.77. The first-order valence-corrected chi connectivity index (χ1v) is 7.77. The molecule has 1 heterocycles. The van der Waals surface area contributed by atoms with Gasteiger partial charge >= 0.3 is 5.97 Å². The molecule has 1 atom stereocenters. The summed E-state index contributed by atoms with van der Waals surface area (Å²) in [5.74, 6) is 0.825. The van der Waals surface area contributed by atoms with Crippen molar-refractivity contribution in [1.82, 2.24) is 5.16 Å². The predicted octanol–water partition coefficient (Wildman–Crippen LogP) is 2.58. The zero-order valence-corrected chi connectivity index (χ0v) is 14.9. The van der Waals surface area contributed by atoms with Crippen LogP contribution in [0, 0.1) is 6.92 Å². The van der Waals surface area contributed by atoms with Gasteiger partial charge in [-0.2, -0.15) is 0 Å². The Morgan fingerprint density at radius 2 is 1.81 bits per heavy atom. The summed E-state index contributed by atoms with van der Waals surface area (Å²) in [5, 5.41) is 6.13. The molecule has 8 heteroatoms. The fourth-order valence-corrected chi connectivity index (χ4v) is 2.01. The number of methoxy groups -OCH3 is 2. The predicted molar refractivity (Wildman–Crippen MR) is 94.0 cm³/mol. The molecule has 0 aliphatic carbocycles. The lowest BCUT2D eigenvalue weighted by molar-refractivity contribution is -0.148. The van der Waals surface area contributed by atoms with Crippen LogP contribution < -0.4 is 14.8 Å². The smallest absolute Gasteiger partial charge is 0.331 e. The molecule has 0 saturated heterocycles. The van der Waals surface area contributed by atoms with E-state index in [4.69, 9.17) is 18.7 Å². The highest BCUT2D eigenvalue weighted by Gasteiger charge is 2.18. The second-order valence-electron chi connectivity index (χ2n) is 5.37. The van der Waals surface area contributed by atoms with Gasteiger partial charge in [0, 0.05) is 18.2 Å². The Morgan fingerprint density at radius 1 is 1.15 bits per heavy atom. The molecule has 0 aliphatic heterocycles. The number of rotatable bonds is 7. The molecule has 2 rings (SSSR count). The Labute approximate surface area is 150 Å². The third-order valence-electron chi connectivity index (χ3n) is 3.33. The number of amides is 1. The highest BCUT2D eigenvalue weighted by atomic mass is 16.5. The molecule has 1 N–H and O–H groups in total. The summed E-state index contributed by atoms with van der Waals surface area (Å²) < 4.78 is 20.2. The molecule has 0 saturated carbocycles. The molecule has 0 unspecified atom stereocenters. The molecule has 0 radical (unpaired) electrons. The number of ether oxygens (including phenoxy) is 3. The fraction of sp³-hybridized carbons (Fsp3) is 0.278. The highest BCUT2D eigenvalue weighted by Crippen LogP contribution is 2.23. The first-order chi connectivity index (χ1) is 12.4. The van der Waals surface area contributed by atoms with Crippen molar-refractivity contribution in [2.45, 2.75) is 20.0 Å². The van der Waals surface area contributed by atoms with Crippen molar-refractivity contribution >= 4 is 23.8 Å². The first kappa shape index (κ1) is 19.0. The molecule has 2 aromatic rings. The van der Waals surface area contributed by atoms with E-state index in [-0.39, 0.29) is 5.82 Å². The van der Waals surface area contributed by atoms with Gasteiger partial charge < -0.3 is 24.1 Å². The molecule has 0 aliphatic rings. The molecule has 1 amide bonds. The number of aromatic nitrogens is 1. The van der Waals surface area contributed by atoms with Crippen LogP contribution in [0.3, 0.4) is 0 Å². The van der Waals surface area contributed by atoms with Gasteiger partial charge in [-0.15, -0.1) is 0 Å². The second-order valence-corrected chi connectivity index (χ2v) is 5.37. The summed E-state index contributed by atoms with van der Waals surface area (Å²) in [6.45, 7) is 3.16. The van der Waals surface area contributed by atoms with Crippen LogP contribution in [0.2, 0.25) is 0 Å². The Hall–Kier alpha value is -3.29. The van der Waals surface area contributed by atoms with Crippen LogP contribution in [-0.4, -0.2) is 37.4 Å². The number of carbonyl (C=O) groups is 2. The standard InChI is InChI=1S/C18H20N2O6/c1-11-7-16(20-26-11)19-18(22)12(2)25-17(21)6-5-13-8-14(23-3)10-15(9-13)24-4/h5-10,12H,1-4H3,(H,19,20,22)/b6-5+/t12-/m1/s1. The van der Waals surface area contributed by atoms with E-state index in [9.17, 15) is 9.59 Å². The lowest BCUT2D eigenvalue weighted by atomic mass is 10.2. The number of benzene rings is 1. The number of esters is 1. The Morgan fingerprint density at radius 3 is 2.35 bits per heavy atom. The second kappa shape index (κ2) is 8.70. The van der Waals surface area contributed by atoms with Crippen LogP contribution in [0.25, 0.3) is 6.08 Å². The van der Waals surface area contributed by atoms with E-state index in [1.807, 2.05) is 0 Å². The minimum atomic E-state index is -0.996. The third-order valence-corrected chi connectivity index (χ3v) is 3.33. The van der Waals surface area contributed by atoms with Crippen molar-refractivity contribution in [2.75, 3.05) is 19.5 Å². The number of anilines is 1. The lowest BCUT2D eigenvalue weighted by Gasteiger charge is -2.10. The molecule has 26 heavy (non-hydrogen) atoms. The van der Waals surface area contributed by atoms with E-state index in [2.05, 4.69) is 10.5 Å². The minimum absolute atomic E-state index is 0.259. The van der Waals surface area contributed by atoms with Crippen molar-refractivity contribution in [1.29, 1.82) is 0 Å². The van der Waals surface area contributed by atoms with Gasteiger partial charge in [-0.3, -0.25) is 4.79 Å². The Balaban J connectivity index is 1.94. The SMILES string of the molecule is COc1cc(/C=C/C(=O)O[C@H](C)C(=O)Nc2cc(C)on2)cc(OC)c1. The van der Waals surface area contributed by atoms with Crippen LogP contribution in [0.4, 0.5) is 5.82 Å². The van der Waals surface area contributed by atoms with Crippen molar-refractivity contribution in [3.05, 3.63) is 41.7 Å². The molecule has 1 aromatic heterocycles. The summed E-state index contributed by atoms with van der Waals surface area (Å²) in [7, 11) is 3.07. The number of aryl methyl sites for hydroxylation is 1. The average Bonchev–Trinajstić information content (AvgIpc) is 3.04. The van der Waals surface area contributed by atoms with Crippen LogP contribution in [0.15, 0.2) is 34.9 Å². The topological polar surface area (TPSA) is 99.9 Å². The maximum atomic E-state index is 12.0. The van der Waals surface area contributed by atoms with Gasteiger partial charge in [0.2, 0.25) is 0 Å². The van der Waals surface area contributed by atoms with Gasteiger partial charge in [0.05, 0.1) is 14.2 Å².